The van der Waals surface area contributed by atoms with Crippen LogP contribution >= 0.6 is 11.6 Å². The first-order valence-corrected chi connectivity index (χ1v) is 5.33. The standard InChI is InChI=1S/C11H11ClN2O2/c12-9-4-2-1-3-8(9)7-14-10(15)5-13-6-11(14)16/h1-4,13H,5-7H2. The highest BCUT2D eigenvalue weighted by Crippen LogP contribution is 2.17. The molecule has 0 atom stereocenters. The van der Waals surface area contributed by atoms with E-state index in [1.165, 1.54) is 4.90 Å². The van der Waals surface area contributed by atoms with Crippen molar-refractivity contribution < 1.29 is 9.59 Å². The molecule has 0 unspecified atom stereocenters. The van der Waals surface area contributed by atoms with Crippen LogP contribution in [0.25, 0.3) is 0 Å². The molecule has 0 aliphatic carbocycles. The third kappa shape index (κ3) is 2.23. The summed E-state index contributed by atoms with van der Waals surface area (Å²) in [4.78, 5) is 24.3. The minimum atomic E-state index is -0.212. The fourth-order valence-electron chi connectivity index (χ4n) is 1.58. The maximum absolute atomic E-state index is 11.5. The first kappa shape index (κ1) is 11.1. The molecule has 1 aliphatic rings. The summed E-state index contributed by atoms with van der Waals surface area (Å²) >= 11 is 5.97. The number of nitrogens with zero attached hydrogens (tertiary/aromatic N) is 1. The first-order valence-electron chi connectivity index (χ1n) is 4.96. The summed E-state index contributed by atoms with van der Waals surface area (Å²) in [6.45, 7) is 0.658. The van der Waals surface area contributed by atoms with E-state index in [-0.39, 0.29) is 31.4 Å². The van der Waals surface area contributed by atoms with Gasteiger partial charge in [-0.15, -0.1) is 0 Å². The molecule has 5 heteroatoms. The molecule has 0 radical (unpaired) electrons. The van der Waals surface area contributed by atoms with Crippen molar-refractivity contribution in [2.45, 2.75) is 6.54 Å². The van der Waals surface area contributed by atoms with Gasteiger partial charge in [0.2, 0.25) is 11.8 Å². The van der Waals surface area contributed by atoms with Crippen molar-refractivity contribution >= 4 is 23.4 Å². The van der Waals surface area contributed by atoms with Crippen LogP contribution in [0.3, 0.4) is 0 Å². The molecule has 2 amide bonds. The maximum atomic E-state index is 11.5. The molecule has 16 heavy (non-hydrogen) atoms. The SMILES string of the molecule is O=C1CNCC(=O)N1Cc1ccccc1Cl. The highest BCUT2D eigenvalue weighted by atomic mass is 35.5. The fraction of sp³-hybridized carbons (Fsp3) is 0.273. The fourth-order valence-corrected chi connectivity index (χ4v) is 1.78. The van der Waals surface area contributed by atoms with Gasteiger partial charge in [0.05, 0.1) is 19.6 Å². The van der Waals surface area contributed by atoms with E-state index >= 15 is 0 Å². The zero-order valence-corrected chi connectivity index (χ0v) is 9.33. The van der Waals surface area contributed by atoms with Crippen LogP contribution in [0.2, 0.25) is 5.02 Å². The van der Waals surface area contributed by atoms with E-state index in [4.69, 9.17) is 11.6 Å². The molecule has 4 nitrogen and oxygen atoms in total. The quantitative estimate of drug-likeness (QED) is 0.776. The molecule has 1 aliphatic heterocycles. The Bertz CT molecular complexity index is 418. The molecule has 0 spiro atoms. The second-order valence-electron chi connectivity index (χ2n) is 3.57. The van der Waals surface area contributed by atoms with Gasteiger partial charge in [0.25, 0.3) is 0 Å². The van der Waals surface area contributed by atoms with Gasteiger partial charge >= 0.3 is 0 Å². The lowest BCUT2D eigenvalue weighted by atomic mass is 10.2. The van der Waals surface area contributed by atoms with Gasteiger partial charge in [-0.2, -0.15) is 0 Å². The molecule has 0 bridgehead atoms. The molecular formula is C11H11ClN2O2. The van der Waals surface area contributed by atoms with Crippen LogP contribution in [-0.4, -0.2) is 29.8 Å². The van der Waals surface area contributed by atoms with E-state index in [2.05, 4.69) is 5.32 Å². The number of carbonyl (C=O) groups excluding carboxylic acids is 2. The van der Waals surface area contributed by atoms with Crippen molar-refractivity contribution in [3.05, 3.63) is 34.9 Å². The van der Waals surface area contributed by atoms with Crippen LogP contribution in [0.15, 0.2) is 24.3 Å². The topological polar surface area (TPSA) is 49.4 Å². The Morgan fingerprint density at radius 1 is 1.19 bits per heavy atom. The van der Waals surface area contributed by atoms with Crippen LogP contribution in [-0.2, 0) is 16.1 Å². The Morgan fingerprint density at radius 3 is 2.44 bits per heavy atom. The van der Waals surface area contributed by atoms with Crippen molar-refractivity contribution in [3.63, 3.8) is 0 Å². The van der Waals surface area contributed by atoms with Gasteiger partial charge in [0, 0.05) is 5.02 Å². The monoisotopic (exact) mass is 238 g/mol. The van der Waals surface area contributed by atoms with Gasteiger partial charge < -0.3 is 0 Å². The molecule has 1 N–H and O–H groups in total. The van der Waals surface area contributed by atoms with Crippen LogP contribution in [0.4, 0.5) is 0 Å². The van der Waals surface area contributed by atoms with Crippen molar-refractivity contribution in [2.24, 2.45) is 0 Å². The van der Waals surface area contributed by atoms with E-state index in [1.807, 2.05) is 18.2 Å². The minimum absolute atomic E-state index is 0.205. The molecule has 1 saturated heterocycles. The molecule has 2 rings (SSSR count). The molecule has 1 aromatic carbocycles. The predicted octanol–water partition coefficient (Wildman–Crippen LogP) is 0.798. The van der Waals surface area contributed by atoms with E-state index in [0.717, 1.165) is 5.56 Å². The summed E-state index contributed by atoms with van der Waals surface area (Å²) in [5.41, 5.74) is 0.785. The number of piperazine rings is 1. The first-order chi connectivity index (χ1) is 7.68. The van der Waals surface area contributed by atoms with Gasteiger partial charge in [-0.1, -0.05) is 29.8 Å². The van der Waals surface area contributed by atoms with Crippen LogP contribution in [0.1, 0.15) is 5.56 Å². The average Bonchev–Trinajstić information content (AvgIpc) is 2.26. The van der Waals surface area contributed by atoms with Gasteiger partial charge in [-0.05, 0) is 11.6 Å². The normalized spacial score (nSPS) is 16.7. The number of hydrogen-bond donors (Lipinski definition) is 1. The Kier molecular flexibility index (Phi) is 3.22. The van der Waals surface area contributed by atoms with Gasteiger partial charge in [0.1, 0.15) is 0 Å². The Labute approximate surface area is 98.2 Å². The van der Waals surface area contributed by atoms with Gasteiger partial charge in [0.15, 0.2) is 0 Å². The summed E-state index contributed by atoms with van der Waals surface area (Å²) in [7, 11) is 0. The summed E-state index contributed by atoms with van der Waals surface area (Å²) in [5.74, 6) is -0.424. The van der Waals surface area contributed by atoms with Crippen molar-refractivity contribution in [3.8, 4) is 0 Å². The smallest absolute Gasteiger partial charge is 0.243 e. The number of halogens is 1. The van der Waals surface area contributed by atoms with E-state index in [0.29, 0.717) is 5.02 Å². The molecule has 1 aromatic rings. The number of carbonyl (C=O) groups is 2. The molecule has 0 saturated carbocycles. The van der Waals surface area contributed by atoms with Crippen molar-refractivity contribution in [1.29, 1.82) is 0 Å². The number of imide groups is 1. The maximum Gasteiger partial charge on any atom is 0.243 e. The number of rotatable bonds is 2. The largest absolute Gasteiger partial charge is 0.300 e. The van der Waals surface area contributed by atoms with E-state index in [1.54, 1.807) is 6.07 Å². The molecule has 0 aromatic heterocycles. The summed E-state index contributed by atoms with van der Waals surface area (Å²) in [5, 5.41) is 3.31. The summed E-state index contributed by atoms with van der Waals surface area (Å²) in [6, 6.07) is 7.20. The lowest BCUT2D eigenvalue weighted by Crippen LogP contribution is -2.51. The van der Waals surface area contributed by atoms with Crippen LogP contribution in [0.5, 0.6) is 0 Å². The second-order valence-corrected chi connectivity index (χ2v) is 3.98. The highest BCUT2D eigenvalue weighted by Gasteiger charge is 2.25. The van der Waals surface area contributed by atoms with Gasteiger partial charge in [-0.3, -0.25) is 19.8 Å². The van der Waals surface area contributed by atoms with Crippen molar-refractivity contribution in [2.75, 3.05) is 13.1 Å². The third-order valence-electron chi connectivity index (χ3n) is 2.44. The molecular weight excluding hydrogens is 228 g/mol. The van der Waals surface area contributed by atoms with Crippen LogP contribution < -0.4 is 5.32 Å². The van der Waals surface area contributed by atoms with Crippen molar-refractivity contribution in [1.82, 2.24) is 10.2 Å². The lowest BCUT2D eigenvalue weighted by Gasteiger charge is -2.25. The average molecular weight is 239 g/mol. The third-order valence-corrected chi connectivity index (χ3v) is 2.81. The van der Waals surface area contributed by atoms with E-state index in [9.17, 15) is 9.59 Å². The summed E-state index contributed by atoms with van der Waals surface area (Å²) in [6.07, 6.45) is 0. The Balaban J connectivity index is 2.17. The Hall–Kier alpha value is -1.39. The molecule has 1 fully saturated rings. The summed E-state index contributed by atoms with van der Waals surface area (Å²) < 4.78 is 0. The van der Waals surface area contributed by atoms with Crippen LogP contribution in [0, 0.1) is 0 Å². The molecule has 84 valence electrons. The zero-order valence-electron chi connectivity index (χ0n) is 8.57. The second kappa shape index (κ2) is 4.63. The predicted molar refractivity (Wildman–Crippen MR) is 59.9 cm³/mol. The minimum Gasteiger partial charge on any atom is -0.300 e. The lowest BCUT2D eigenvalue weighted by molar-refractivity contribution is -0.147. The zero-order chi connectivity index (χ0) is 11.5. The molecule has 1 heterocycles. The number of nitrogens with one attached hydrogen (secondary N) is 1. The number of benzene rings is 1. The number of amides is 2. The number of hydrogen-bond acceptors (Lipinski definition) is 3. The van der Waals surface area contributed by atoms with E-state index < -0.39 is 0 Å². The van der Waals surface area contributed by atoms with Gasteiger partial charge in [-0.25, -0.2) is 0 Å². The Morgan fingerprint density at radius 2 is 1.81 bits per heavy atom. The highest BCUT2D eigenvalue weighted by molar-refractivity contribution is 6.31.